The van der Waals surface area contributed by atoms with Gasteiger partial charge in [-0.15, -0.1) is 0 Å². The van der Waals surface area contributed by atoms with Gasteiger partial charge in [0.2, 0.25) is 11.7 Å². The van der Waals surface area contributed by atoms with Crippen molar-refractivity contribution in [1.29, 1.82) is 0 Å². The van der Waals surface area contributed by atoms with E-state index in [1.165, 1.54) is 5.56 Å². The highest BCUT2D eigenvalue weighted by Gasteiger charge is 2.26. The van der Waals surface area contributed by atoms with E-state index in [1.54, 1.807) is 21.3 Å². The number of benzene rings is 2. The fourth-order valence-corrected chi connectivity index (χ4v) is 5.72. The molecule has 1 heterocycles. The number of carbonyl (C=O) groups is 1. The molecule has 1 aliphatic heterocycles. The van der Waals surface area contributed by atoms with Crippen LogP contribution < -0.4 is 19.5 Å². The second-order valence-corrected chi connectivity index (χ2v) is 12.1. The van der Waals surface area contributed by atoms with Gasteiger partial charge in [0.25, 0.3) is 0 Å². The van der Waals surface area contributed by atoms with Crippen molar-refractivity contribution in [2.45, 2.75) is 84.0 Å². The van der Waals surface area contributed by atoms with Gasteiger partial charge in [-0.05, 0) is 60.4 Å². The molecule has 7 heteroatoms. The molecule has 0 saturated carbocycles. The lowest BCUT2D eigenvalue weighted by Gasteiger charge is -2.27. The average Bonchev–Trinajstić information content (AvgIpc) is 2.96. The van der Waals surface area contributed by atoms with Gasteiger partial charge in [-0.25, -0.2) is 0 Å². The van der Waals surface area contributed by atoms with E-state index in [4.69, 9.17) is 18.9 Å². The average molecular weight is 569 g/mol. The molecule has 2 aromatic rings. The second kappa shape index (κ2) is 16.0. The third-order valence-corrected chi connectivity index (χ3v) is 7.97. The Hall–Kier alpha value is -2.77. The van der Waals surface area contributed by atoms with Crippen LogP contribution in [-0.2, 0) is 21.4 Å². The lowest BCUT2D eigenvalue weighted by atomic mass is 9.84. The molecule has 0 spiro atoms. The zero-order valence-corrected chi connectivity index (χ0v) is 26.4. The predicted octanol–water partition coefficient (Wildman–Crippen LogP) is 6.97. The molecule has 41 heavy (non-hydrogen) atoms. The Kier molecular flexibility index (Phi) is 12.8. The summed E-state index contributed by atoms with van der Waals surface area (Å²) in [5.41, 5.74) is 4.20. The Morgan fingerprint density at radius 2 is 1.71 bits per heavy atom. The number of nitrogens with one attached hydrogen (secondary N) is 1. The number of amides is 1. The highest BCUT2D eigenvalue weighted by molar-refractivity contribution is 5.92. The van der Waals surface area contributed by atoms with Gasteiger partial charge in [-0.3, -0.25) is 9.69 Å². The highest BCUT2D eigenvalue weighted by Crippen LogP contribution is 2.44. The summed E-state index contributed by atoms with van der Waals surface area (Å²) in [6.45, 7) is 13.5. The molecule has 7 nitrogen and oxygen atoms in total. The lowest BCUT2D eigenvalue weighted by Crippen LogP contribution is -2.36. The zero-order valence-electron chi connectivity index (χ0n) is 26.4. The number of hydrogen-bond donors (Lipinski definition) is 1. The van der Waals surface area contributed by atoms with E-state index in [0.29, 0.717) is 23.7 Å². The SMILES string of the molecule is CCCCCC(CC(=O)Nc1cc(CCCN2CCOCC2)ccc1C(C)(C)C)c1ccc(OC)c(OC)c1OC. The largest absolute Gasteiger partial charge is 0.493 e. The van der Waals surface area contributed by atoms with E-state index in [9.17, 15) is 4.79 Å². The fourth-order valence-electron chi connectivity index (χ4n) is 5.72. The van der Waals surface area contributed by atoms with E-state index in [-0.39, 0.29) is 17.2 Å². The van der Waals surface area contributed by atoms with Crippen LogP contribution in [0.1, 0.15) is 88.8 Å². The molecular formula is C34H52N2O5. The van der Waals surface area contributed by atoms with Gasteiger partial charge in [0, 0.05) is 30.8 Å². The van der Waals surface area contributed by atoms with Crippen LogP contribution in [0.5, 0.6) is 17.2 Å². The number of nitrogens with zero attached hydrogens (tertiary/aromatic N) is 1. The molecule has 1 unspecified atom stereocenters. The van der Waals surface area contributed by atoms with Crippen molar-refractivity contribution in [3.8, 4) is 17.2 Å². The van der Waals surface area contributed by atoms with Gasteiger partial charge in [-0.2, -0.15) is 0 Å². The summed E-state index contributed by atoms with van der Waals surface area (Å²) in [5, 5.41) is 3.31. The molecule has 1 N–H and O–H groups in total. The van der Waals surface area contributed by atoms with Crippen molar-refractivity contribution in [2.24, 2.45) is 0 Å². The summed E-state index contributed by atoms with van der Waals surface area (Å²) in [6, 6.07) is 10.5. The predicted molar refractivity (Wildman–Crippen MR) is 167 cm³/mol. The summed E-state index contributed by atoms with van der Waals surface area (Å²) >= 11 is 0. The third kappa shape index (κ3) is 9.37. The Morgan fingerprint density at radius 1 is 0.976 bits per heavy atom. The summed E-state index contributed by atoms with van der Waals surface area (Å²) in [6.07, 6.45) is 6.59. The fraction of sp³-hybridized carbons (Fsp3) is 0.618. The summed E-state index contributed by atoms with van der Waals surface area (Å²) in [7, 11) is 4.88. The maximum Gasteiger partial charge on any atom is 0.224 e. The van der Waals surface area contributed by atoms with Crippen molar-refractivity contribution < 1.29 is 23.7 Å². The molecule has 0 aliphatic carbocycles. The molecular weight excluding hydrogens is 516 g/mol. The normalized spacial score (nSPS) is 14.9. The number of unbranched alkanes of at least 4 members (excludes halogenated alkanes) is 2. The maximum atomic E-state index is 13.7. The molecule has 228 valence electrons. The number of rotatable bonds is 15. The van der Waals surface area contributed by atoms with Crippen molar-refractivity contribution in [2.75, 3.05) is 59.5 Å². The minimum atomic E-state index is -0.0952. The number of morpholine rings is 1. The minimum absolute atomic E-state index is 0.00824. The quantitative estimate of drug-likeness (QED) is 0.234. The number of hydrogen-bond acceptors (Lipinski definition) is 6. The molecule has 0 aromatic heterocycles. The highest BCUT2D eigenvalue weighted by atomic mass is 16.5. The first-order chi connectivity index (χ1) is 19.7. The first kappa shape index (κ1) is 32.7. The topological polar surface area (TPSA) is 69.3 Å². The Morgan fingerprint density at radius 3 is 2.34 bits per heavy atom. The third-order valence-electron chi connectivity index (χ3n) is 7.97. The van der Waals surface area contributed by atoms with E-state index < -0.39 is 0 Å². The van der Waals surface area contributed by atoms with Gasteiger partial charge < -0.3 is 24.3 Å². The standard InChI is InChI=1S/C34H52N2O5/c1-8-9-10-13-26(27-15-17-30(38-5)33(40-7)32(27)39-6)24-31(37)35-29-23-25(14-16-28(29)34(2,3)4)12-11-18-36-19-21-41-22-20-36/h14-17,23,26H,8-13,18-22,24H2,1-7H3,(H,35,37). The Labute approximate surface area is 247 Å². The van der Waals surface area contributed by atoms with Crippen molar-refractivity contribution in [3.63, 3.8) is 0 Å². The van der Waals surface area contributed by atoms with Crippen LogP contribution in [0.4, 0.5) is 5.69 Å². The maximum absolute atomic E-state index is 13.7. The van der Waals surface area contributed by atoms with Gasteiger partial charge in [0.05, 0.1) is 34.5 Å². The van der Waals surface area contributed by atoms with Crippen molar-refractivity contribution in [3.05, 3.63) is 47.0 Å². The molecule has 1 aliphatic rings. The van der Waals surface area contributed by atoms with Crippen molar-refractivity contribution in [1.82, 2.24) is 4.90 Å². The van der Waals surface area contributed by atoms with Gasteiger partial charge in [0.1, 0.15) is 0 Å². The van der Waals surface area contributed by atoms with Crippen LogP contribution in [-0.4, -0.2) is 65.0 Å². The van der Waals surface area contributed by atoms with Gasteiger partial charge in [-0.1, -0.05) is 65.2 Å². The van der Waals surface area contributed by atoms with Crippen LogP contribution in [0, 0.1) is 0 Å². The smallest absolute Gasteiger partial charge is 0.224 e. The van der Waals surface area contributed by atoms with Crippen molar-refractivity contribution >= 4 is 11.6 Å². The molecule has 3 rings (SSSR count). The van der Waals surface area contributed by atoms with E-state index >= 15 is 0 Å². The summed E-state index contributed by atoms with van der Waals surface area (Å²) < 4.78 is 22.4. The monoisotopic (exact) mass is 568 g/mol. The molecule has 2 aromatic carbocycles. The number of ether oxygens (including phenoxy) is 4. The molecule has 0 bridgehead atoms. The number of methoxy groups -OCH3 is 3. The van der Waals surface area contributed by atoms with Crippen LogP contribution in [0.3, 0.4) is 0 Å². The molecule has 1 amide bonds. The zero-order chi connectivity index (χ0) is 29.8. The van der Waals surface area contributed by atoms with Gasteiger partial charge >= 0.3 is 0 Å². The minimum Gasteiger partial charge on any atom is -0.493 e. The second-order valence-electron chi connectivity index (χ2n) is 12.1. The number of aryl methyl sites for hydroxylation is 1. The van der Waals surface area contributed by atoms with Crippen LogP contribution in [0.2, 0.25) is 0 Å². The first-order valence-corrected chi connectivity index (χ1v) is 15.2. The van der Waals surface area contributed by atoms with Crippen LogP contribution >= 0.6 is 0 Å². The first-order valence-electron chi connectivity index (χ1n) is 15.2. The molecule has 1 atom stereocenters. The molecule has 1 saturated heterocycles. The summed E-state index contributed by atoms with van der Waals surface area (Å²) in [5.74, 6) is 1.82. The Bertz CT molecular complexity index is 1110. The molecule has 0 radical (unpaired) electrons. The lowest BCUT2D eigenvalue weighted by molar-refractivity contribution is -0.116. The van der Waals surface area contributed by atoms with Crippen LogP contribution in [0.25, 0.3) is 0 Å². The van der Waals surface area contributed by atoms with Crippen LogP contribution in [0.15, 0.2) is 30.3 Å². The Balaban J connectivity index is 1.81. The number of anilines is 1. The van der Waals surface area contributed by atoms with E-state index in [0.717, 1.165) is 88.2 Å². The van der Waals surface area contributed by atoms with E-state index in [1.807, 2.05) is 12.1 Å². The van der Waals surface area contributed by atoms with Gasteiger partial charge in [0.15, 0.2) is 11.5 Å². The summed E-state index contributed by atoms with van der Waals surface area (Å²) in [4.78, 5) is 16.2. The molecule has 1 fully saturated rings. The number of carbonyl (C=O) groups excluding carboxylic acids is 1. The van der Waals surface area contributed by atoms with E-state index in [2.05, 4.69) is 56.1 Å².